The van der Waals surface area contributed by atoms with E-state index in [1.807, 2.05) is 6.07 Å². The molecule has 0 amide bonds. The van der Waals surface area contributed by atoms with Crippen molar-refractivity contribution < 1.29 is 8.42 Å². The Morgan fingerprint density at radius 2 is 1.64 bits per heavy atom. The molecule has 0 spiro atoms. The van der Waals surface area contributed by atoms with Crippen LogP contribution in [0.2, 0.25) is 5.02 Å². The second-order valence-corrected chi connectivity index (χ2v) is 9.31. The first-order chi connectivity index (χ1) is 15.8. The van der Waals surface area contributed by atoms with Gasteiger partial charge < -0.3 is 16.8 Å². The molecule has 0 fully saturated rings. The molecule has 4 rings (SSSR count). The molecule has 0 bridgehead atoms. The van der Waals surface area contributed by atoms with E-state index in [4.69, 9.17) is 28.3 Å². The number of pyridine rings is 1. The summed E-state index contributed by atoms with van der Waals surface area (Å²) >= 11 is 5.85. The second-order valence-electron chi connectivity index (χ2n) is 6.93. The van der Waals surface area contributed by atoms with E-state index in [-0.39, 0.29) is 38.6 Å². The van der Waals surface area contributed by atoms with Crippen molar-refractivity contribution in [1.82, 2.24) is 10.3 Å². The average molecular weight is 479 g/mol. The highest BCUT2D eigenvalue weighted by Crippen LogP contribution is 2.40. The molecule has 12 heteroatoms. The number of nitrogens with zero attached hydrogens (tertiary/aromatic N) is 4. The maximum Gasteiger partial charge on any atom is 0.211 e. The minimum atomic E-state index is -3.77. The highest BCUT2D eigenvalue weighted by atomic mass is 35.5. The number of guanidine groups is 1. The first kappa shape index (κ1) is 21.9. The summed E-state index contributed by atoms with van der Waals surface area (Å²) in [4.78, 5) is 8.81. The van der Waals surface area contributed by atoms with Gasteiger partial charge in [0.1, 0.15) is 29.3 Å². The fourth-order valence-corrected chi connectivity index (χ4v) is 4.79. The summed E-state index contributed by atoms with van der Waals surface area (Å²) in [6.45, 7) is 0. The van der Waals surface area contributed by atoms with Crippen molar-refractivity contribution in [3.63, 3.8) is 0 Å². The molecule has 2 aromatic carbocycles. The number of nitrogens with two attached hydrogens (primary N) is 2. The number of nitriles is 2. The summed E-state index contributed by atoms with van der Waals surface area (Å²) < 4.78 is 25.9. The molecular formula is C21H15ClN8O2S. The number of halogens is 1. The molecular weight excluding hydrogens is 464 g/mol. The number of aliphatic imine (C=N–C) groups is 1. The van der Waals surface area contributed by atoms with Crippen molar-refractivity contribution in [1.29, 1.82) is 10.5 Å². The van der Waals surface area contributed by atoms with Gasteiger partial charge in [-0.05, 0) is 42.0 Å². The summed E-state index contributed by atoms with van der Waals surface area (Å²) in [5.41, 5.74) is 13.1. The third kappa shape index (κ3) is 3.87. The van der Waals surface area contributed by atoms with E-state index >= 15 is 0 Å². The summed E-state index contributed by atoms with van der Waals surface area (Å²) in [5, 5.41) is 24.1. The zero-order valence-electron chi connectivity index (χ0n) is 16.7. The molecule has 1 unspecified atom stereocenters. The number of sulfone groups is 1. The Hall–Kier alpha value is -4.32. The van der Waals surface area contributed by atoms with Crippen molar-refractivity contribution in [2.24, 2.45) is 4.99 Å². The molecule has 1 aromatic heterocycles. The van der Waals surface area contributed by atoms with Crippen molar-refractivity contribution in [3.8, 4) is 12.3 Å². The first-order valence-corrected chi connectivity index (χ1v) is 11.2. The molecule has 33 heavy (non-hydrogen) atoms. The number of nitrogen functional groups attached to an aromatic ring is 2. The van der Waals surface area contributed by atoms with Crippen LogP contribution in [0.3, 0.4) is 0 Å². The van der Waals surface area contributed by atoms with Gasteiger partial charge in [-0.2, -0.15) is 10.5 Å². The molecule has 1 atom stereocenters. The molecule has 3 aromatic rings. The lowest BCUT2D eigenvalue weighted by Crippen LogP contribution is -2.32. The number of benzene rings is 2. The maximum atomic E-state index is 12.9. The number of hydrogen-bond acceptors (Lipinski definition) is 10. The summed E-state index contributed by atoms with van der Waals surface area (Å²) in [6, 6.07) is 13.1. The predicted octanol–water partition coefficient (Wildman–Crippen LogP) is 2.55. The summed E-state index contributed by atoms with van der Waals surface area (Å²) in [6.07, 6.45) is 1.77. The largest absolute Gasteiger partial charge is 0.397 e. The molecule has 10 nitrogen and oxygen atoms in total. The normalized spacial score (nSPS) is 14.8. The van der Waals surface area contributed by atoms with Gasteiger partial charge in [-0.15, -0.1) is 0 Å². The van der Waals surface area contributed by atoms with Gasteiger partial charge in [0.05, 0.1) is 15.5 Å². The van der Waals surface area contributed by atoms with Crippen LogP contribution >= 0.6 is 11.6 Å². The molecule has 1 aliphatic rings. The summed E-state index contributed by atoms with van der Waals surface area (Å²) in [5.74, 6) is 0.270. The van der Waals surface area contributed by atoms with Gasteiger partial charge in [0.2, 0.25) is 15.8 Å². The lowest BCUT2D eigenvalue weighted by Gasteiger charge is -2.26. The van der Waals surface area contributed by atoms with Crippen LogP contribution < -0.4 is 22.1 Å². The van der Waals surface area contributed by atoms with Gasteiger partial charge in [-0.25, -0.2) is 18.4 Å². The number of anilines is 3. The van der Waals surface area contributed by atoms with Crippen LogP contribution in [0.15, 0.2) is 63.3 Å². The number of nitrogens with one attached hydrogen (secondary N) is 2. The van der Waals surface area contributed by atoms with Crippen LogP contribution in [0.4, 0.5) is 17.3 Å². The Bertz CT molecular complexity index is 1470. The van der Waals surface area contributed by atoms with Crippen molar-refractivity contribution >= 4 is 44.7 Å². The molecule has 0 saturated carbocycles. The Morgan fingerprint density at radius 3 is 2.21 bits per heavy atom. The standard InChI is InChI=1S/C21H15ClN8O2S/c22-12-3-7-14(8-4-12)33(31,32)13-5-1-11(2-6-13)18-16-17(25)15(9-23)19(26)29-20(16)30-21(28-18)27-10-24/h1-8,18H,(H6,25,26,27,28,29,30). The predicted molar refractivity (Wildman–Crippen MR) is 123 cm³/mol. The average Bonchev–Trinajstić information content (AvgIpc) is 2.79. The number of fused-ring (bicyclic) bond motifs is 1. The van der Waals surface area contributed by atoms with Crippen molar-refractivity contribution in [2.45, 2.75) is 15.8 Å². The van der Waals surface area contributed by atoms with Gasteiger partial charge in [0.25, 0.3) is 0 Å². The monoisotopic (exact) mass is 478 g/mol. The molecule has 164 valence electrons. The van der Waals surface area contributed by atoms with Crippen molar-refractivity contribution in [3.05, 3.63) is 70.2 Å². The number of aromatic nitrogens is 1. The van der Waals surface area contributed by atoms with Gasteiger partial charge in [-0.3, -0.25) is 5.32 Å². The van der Waals surface area contributed by atoms with Crippen LogP contribution in [0.5, 0.6) is 0 Å². The van der Waals surface area contributed by atoms with Gasteiger partial charge >= 0.3 is 0 Å². The molecule has 6 N–H and O–H groups in total. The fraction of sp³-hybridized carbons (Fsp3) is 0.0476. The SMILES string of the molecule is N#CNC1=NC(c2ccc(S(=O)(=O)c3ccc(Cl)cc3)cc2)c2c(nc(N)c(C#N)c2N)N1. The van der Waals surface area contributed by atoms with E-state index < -0.39 is 15.9 Å². The van der Waals surface area contributed by atoms with Crippen LogP contribution in [0.25, 0.3) is 0 Å². The maximum absolute atomic E-state index is 12.9. The van der Waals surface area contributed by atoms with E-state index in [9.17, 15) is 13.7 Å². The molecule has 1 aliphatic heterocycles. The Labute approximate surface area is 194 Å². The lowest BCUT2D eigenvalue weighted by molar-refractivity contribution is 0.596. The molecule has 0 saturated heterocycles. The van der Waals surface area contributed by atoms with E-state index in [2.05, 4.69) is 20.6 Å². The van der Waals surface area contributed by atoms with E-state index in [0.29, 0.717) is 16.1 Å². The third-order valence-corrected chi connectivity index (χ3v) is 7.03. The van der Waals surface area contributed by atoms with Gasteiger partial charge in [-0.1, -0.05) is 23.7 Å². The zero-order chi connectivity index (χ0) is 23.8. The first-order valence-electron chi connectivity index (χ1n) is 9.35. The van der Waals surface area contributed by atoms with Gasteiger partial charge in [0, 0.05) is 10.6 Å². The van der Waals surface area contributed by atoms with Gasteiger partial charge in [0.15, 0.2) is 6.19 Å². The van der Waals surface area contributed by atoms with E-state index in [1.165, 1.54) is 36.4 Å². The van der Waals surface area contributed by atoms with Crippen LogP contribution in [-0.2, 0) is 9.84 Å². The Kier molecular flexibility index (Phi) is 5.52. The fourth-order valence-electron chi connectivity index (χ4n) is 3.40. The minimum Gasteiger partial charge on any atom is -0.397 e. The lowest BCUT2D eigenvalue weighted by atomic mass is 9.95. The minimum absolute atomic E-state index is 0.00868. The second kappa shape index (κ2) is 8.31. The Balaban J connectivity index is 1.80. The topological polar surface area (TPSA) is 183 Å². The highest BCUT2D eigenvalue weighted by Gasteiger charge is 2.30. The summed E-state index contributed by atoms with van der Waals surface area (Å²) in [7, 11) is -3.77. The number of hydrogen-bond donors (Lipinski definition) is 4. The third-order valence-electron chi connectivity index (χ3n) is 4.99. The highest BCUT2D eigenvalue weighted by molar-refractivity contribution is 7.91. The quantitative estimate of drug-likeness (QED) is 0.324. The smallest absolute Gasteiger partial charge is 0.211 e. The molecule has 2 heterocycles. The Morgan fingerprint density at radius 1 is 1.03 bits per heavy atom. The van der Waals surface area contributed by atoms with E-state index in [1.54, 1.807) is 18.3 Å². The van der Waals surface area contributed by atoms with Crippen LogP contribution in [0, 0.1) is 22.8 Å². The molecule has 0 aliphatic carbocycles. The molecule has 0 radical (unpaired) electrons. The van der Waals surface area contributed by atoms with E-state index in [0.717, 1.165) is 0 Å². The number of rotatable bonds is 3. The van der Waals surface area contributed by atoms with Crippen molar-refractivity contribution in [2.75, 3.05) is 16.8 Å². The van der Waals surface area contributed by atoms with Crippen LogP contribution in [-0.4, -0.2) is 19.4 Å². The zero-order valence-corrected chi connectivity index (χ0v) is 18.3. The van der Waals surface area contributed by atoms with Crippen LogP contribution in [0.1, 0.15) is 22.7 Å².